The summed E-state index contributed by atoms with van der Waals surface area (Å²) >= 11 is 1.75. The molecule has 17 heavy (non-hydrogen) atoms. The van der Waals surface area contributed by atoms with Crippen LogP contribution in [0, 0.1) is 19.3 Å². The molecule has 0 aliphatic heterocycles. The standard InChI is InChI=1S/C13H22N2OS/c1-9-10(2)17-12(15-9)7-13(8-14)6-4-3-5-11(13)16/h11,16H,3-8,14H2,1-2H3. The van der Waals surface area contributed by atoms with Gasteiger partial charge in [0, 0.05) is 23.3 Å². The molecular formula is C13H22N2OS. The van der Waals surface area contributed by atoms with Gasteiger partial charge in [0.05, 0.1) is 16.8 Å². The van der Waals surface area contributed by atoms with Crippen LogP contribution in [0.1, 0.15) is 41.3 Å². The Kier molecular flexibility index (Phi) is 3.85. The van der Waals surface area contributed by atoms with Crippen LogP contribution in [0.25, 0.3) is 0 Å². The molecule has 3 N–H and O–H groups in total. The first-order chi connectivity index (χ1) is 8.07. The zero-order valence-electron chi connectivity index (χ0n) is 10.7. The molecule has 0 amide bonds. The number of thiazole rings is 1. The number of aliphatic hydroxyl groups is 1. The number of rotatable bonds is 3. The van der Waals surface area contributed by atoms with Crippen LogP contribution in [0.15, 0.2) is 0 Å². The van der Waals surface area contributed by atoms with Crippen molar-refractivity contribution < 1.29 is 5.11 Å². The van der Waals surface area contributed by atoms with Gasteiger partial charge in [0.2, 0.25) is 0 Å². The Morgan fingerprint density at radius 2 is 2.24 bits per heavy atom. The average Bonchev–Trinajstić information content (AvgIpc) is 2.61. The van der Waals surface area contributed by atoms with Crippen molar-refractivity contribution in [1.29, 1.82) is 0 Å². The Balaban J connectivity index is 2.18. The van der Waals surface area contributed by atoms with Crippen LogP contribution in [0.2, 0.25) is 0 Å². The first-order valence-corrected chi connectivity index (χ1v) is 7.20. The van der Waals surface area contributed by atoms with Crippen LogP contribution in [0.3, 0.4) is 0 Å². The van der Waals surface area contributed by atoms with Gasteiger partial charge in [-0.05, 0) is 26.7 Å². The van der Waals surface area contributed by atoms with Gasteiger partial charge in [-0.25, -0.2) is 4.98 Å². The molecule has 1 heterocycles. The molecule has 1 saturated carbocycles. The van der Waals surface area contributed by atoms with E-state index in [1.807, 2.05) is 6.92 Å². The predicted molar refractivity (Wildman–Crippen MR) is 71.3 cm³/mol. The monoisotopic (exact) mass is 254 g/mol. The number of aromatic nitrogens is 1. The molecule has 0 spiro atoms. The van der Waals surface area contributed by atoms with E-state index in [1.54, 1.807) is 11.3 Å². The second-order valence-electron chi connectivity index (χ2n) is 5.25. The molecule has 4 heteroatoms. The second-order valence-corrected chi connectivity index (χ2v) is 6.54. The lowest BCUT2D eigenvalue weighted by Gasteiger charge is -2.40. The van der Waals surface area contributed by atoms with E-state index in [2.05, 4.69) is 11.9 Å². The van der Waals surface area contributed by atoms with Crippen molar-refractivity contribution in [3.8, 4) is 0 Å². The Labute approximate surface area is 107 Å². The number of hydrogen-bond acceptors (Lipinski definition) is 4. The molecule has 1 aliphatic rings. The zero-order chi connectivity index (χ0) is 12.5. The van der Waals surface area contributed by atoms with E-state index in [1.165, 1.54) is 11.3 Å². The van der Waals surface area contributed by atoms with Gasteiger partial charge < -0.3 is 10.8 Å². The third kappa shape index (κ3) is 2.54. The molecule has 1 aromatic heterocycles. The van der Waals surface area contributed by atoms with Gasteiger partial charge in [-0.1, -0.05) is 12.8 Å². The Morgan fingerprint density at radius 3 is 2.76 bits per heavy atom. The molecule has 0 saturated heterocycles. The molecule has 1 aromatic rings. The molecule has 0 aromatic carbocycles. The summed E-state index contributed by atoms with van der Waals surface area (Å²) in [6.07, 6.45) is 4.80. The van der Waals surface area contributed by atoms with E-state index in [9.17, 15) is 5.11 Å². The summed E-state index contributed by atoms with van der Waals surface area (Å²) in [5, 5.41) is 11.4. The number of nitrogens with two attached hydrogens (primary N) is 1. The van der Waals surface area contributed by atoms with Crippen LogP contribution >= 0.6 is 11.3 Å². The summed E-state index contributed by atoms with van der Waals surface area (Å²) in [6.45, 7) is 4.70. The predicted octanol–water partition coefficient (Wildman–Crippen LogP) is 2.18. The fourth-order valence-electron chi connectivity index (χ4n) is 2.72. The Hall–Kier alpha value is -0.450. The lowest BCUT2D eigenvalue weighted by molar-refractivity contribution is -0.00588. The van der Waals surface area contributed by atoms with Crippen molar-refractivity contribution in [3.05, 3.63) is 15.6 Å². The Bertz CT molecular complexity index is 371. The van der Waals surface area contributed by atoms with Gasteiger partial charge in [0.1, 0.15) is 0 Å². The summed E-state index contributed by atoms with van der Waals surface area (Å²) in [5.74, 6) is 0. The molecule has 1 fully saturated rings. The van der Waals surface area contributed by atoms with Crippen LogP contribution in [0.5, 0.6) is 0 Å². The quantitative estimate of drug-likeness (QED) is 0.869. The normalized spacial score (nSPS) is 29.5. The summed E-state index contributed by atoms with van der Waals surface area (Å²) in [4.78, 5) is 5.86. The van der Waals surface area contributed by atoms with Crippen molar-refractivity contribution in [2.24, 2.45) is 11.1 Å². The van der Waals surface area contributed by atoms with Gasteiger partial charge in [0.25, 0.3) is 0 Å². The van der Waals surface area contributed by atoms with E-state index < -0.39 is 0 Å². The Morgan fingerprint density at radius 1 is 1.47 bits per heavy atom. The molecule has 2 atom stereocenters. The van der Waals surface area contributed by atoms with Gasteiger partial charge >= 0.3 is 0 Å². The third-order valence-electron chi connectivity index (χ3n) is 4.09. The van der Waals surface area contributed by atoms with Gasteiger partial charge in [-0.15, -0.1) is 11.3 Å². The van der Waals surface area contributed by atoms with Crippen LogP contribution < -0.4 is 5.73 Å². The van der Waals surface area contributed by atoms with E-state index in [4.69, 9.17) is 5.73 Å². The SMILES string of the molecule is Cc1nc(CC2(CN)CCCCC2O)sc1C. The van der Waals surface area contributed by atoms with Crippen LogP contribution in [-0.4, -0.2) is 22.7 Å². The van der Waals surface area contributed by atoms with Crippen LogP contribution in [-0.2, 0) is 6.42 Å². The summed E-state index contributed by atoms with van der Waals surface area (Å²) < 4.78 is 0. The maximum atomic E-state index is 10.3. The molecule has 1 aliphatic carbocycles. The minimum atomic E-state index is -0.259. The van der Waals surface area contributed by atoms with Crippen molar-refractivity contribution in [1.82, 2.24) is 4.98 Å². The van der Waals surface area contributed by atoms with E-state index >= 15 is 0 Å². The highest BCUT2D eigenvalue weighted by molar-refractivity contribution is 7.11. The highest BCUT2D eigenvalue weighted by Gasteiger charge is 2.39. The summed E-state index contributed by atoms with van der Waals surface area (Å²) in [6, 6.07) is 0. The molecule has 2 unspecified atom stereocenters. The van der Waals surface area contributed by atoms with Crippen molar-refractivity contribution >= 4 is 11.3 Å². The number of nitrogens with zero attached hydrogens (tertiary/aromatic N) is 1. The van der Waals surface area contributed by atoms with Crippen molar-refractivity contribution in [2.45, 2.75) is 52.1 Å². The number of hydrogen-bond donors (Lipinski definition) is 2. The second kappa shape index (κ2) is 5.04. The molecule has 96 valence electrons. The molecule has 3 nitrogen and oxygen atoms in total. The summed E-state index contributed by atoms with van der Waals surface area (Å²) in [5.41, 5.74) is 6.92. The maximum absolute atomic E-state index is 10.3. The van der Waals surface area contributed by atoms with E-state index in [0.29, 0.717) is 6.54 Å². The molecular weight excluding hydrogens is 232 g/mol. The summed E-state index contributed by atoms with van der Waals surface area (Å²) in [7, 11) is 0. The number of aliphatic hydroxyl groups excluding tert-OH is 1. The molecule has 0 bridgehead atoms. The minimum absolute atomic E-state index is 0.130. The topological polar surface area (TPSA) is 59.1 Å². The van der Waals surface area contributed by atoms with Crippen LogP contribution in [0.4, 0.5) is 0 Å². The average molecular weight is 254 g/mol. The first-order valence-electron chi connectivity index (χ1n) is 6.38. The largest absolute Gasteiger partial charge is 0.392 e. The van der Waals surface area contributed by atoms with Crippen molar-refractivity contribution in [3.63, 3.8) is 0 Å². The van der Waals surface area contributed by atoms with E-state index in [-0.39, 0.29) is 11.5 Å². The highest BCUT2D eigenvalue weighted by atomic mass is 32.1. The first kappa shape index (κ1) is 13.0. The lowest BCUT2D eigenvalue weighted by Crippen LogP contribution is -2.45. The maximum Gasteiger partial charge on any atom is 0.0937 e. The minimum Gasteiger partial charge on any atom is -0.392 e. The fraction of sp³-hybridized carbons (Fsp3) is 0.769. The molecule has 2 rings (SSSR count). The highest BCUT2D eigenvalue weighted by Crippen LogP contribution is 2.39. The number of aryl methyl sites for hydroxylation is 2. The van der Waals surface area contributed by atoms with Gasteiger partial charge in [-0.2, -0.15) is 0 Å². The molecule has 0 radical (unpaired) electrons. The third-order valence-corrected chi connectivity index (χ3v) is 5.16. The van der Waals surface area contributed by atoms with Gasteiger partial charge in [0.15, 0.2) is 0 Å². The smallest absolute Gasteiger partial charge is 0.0937 e. The fourth-order valence-corrected chi connectivity index (χ4v) is 3.81. The zero-order valence-corrected chi connectivity index (χ0v) is 11.5. The van der Waals surface area contributed by atoms with Gasteiger partial charge in [-0.3, -0.25) is 0 Å². The van der Waals surface area contributed by atoms with E-state index in [0.717, 1.165) is 36.4 Å². The lowest BCUT2D eigenvalue weighted by atomic mass is 9.70. The van der Waals surface area contributed by atoms with Crippen molar-refractivity contribution in [2.75, 3.05) is 6.54 Å².